The Hall–Kier alpha value is -1.49. The van der Waals surface area contributed by atoms with E-state index in [2.05, 4.69) is 21.3 Å². The highest BCUT2D eigenvalue weighted by Gasteiger charge is 2.20. The maximum absolute atomic E-state index is 13.1. The number of rotatable bonds is 5. The van der Waals surface area contributed by atoms with Crippen molar-refractivity contribution in [2.75, 3.05) is 13.1 Å². The number of aromatic nitrogens is 1. The van der Waals surface area contributed by atoms with Crippen molar-refractivity contribution in [3.8, 4) is 0 Å². The molecule has 0 spiro atoms. The van der Waals surface area contributed by atoms with Gasteiger partial charge in [-0.3, -0.25) is 9.88 Å². The monoisotopic (exact) mass is 333 g/mol. The van der Waals surface area contributed by atoms with Gasteiger partial charge in [0.2, 0.25) is 0 Å². The average Bonchev–Trinajstić information content (AvgIpc) is 2.57. The molecular weight excluding hydrogens is 313 g/mol. The number of hydrogen-bond donors (Lipinski definition) is 1. The molecule has 1 atom stereocenters. The highest BCUT2D eigenvalue weighted by molar-refractivity contribution is 6.31. The zero-order valence-electron chi connectivity index (χ0n) is 13.0. The van der Waals surface area contributed by atoms with Crippen LogP contribution in [0.4, 0.5) is 4.39 Å². The van der Waals surface area contributed by atoms with Gasteiger partial charge in [0.15, 0.2) is 0 Å². The Morgan fingerprint density at radius 2 is 2.26 bits per heavy atom. The third-order valence-electron chi connectivity index (χ3n) is 4.23. The minimum absolute atomic E-state index is 0.284. The molecule has 3 nitrogen and oxygen atoms in total. The van der Waals surface area contributed by atoms with Gasteiger partial charge < -0.3 is 5.32 Å². The molecule has 2 heterocycles. The molecule has 0 amide bonds. The average molecular weight is 334 g/mol. The van der Waals surface area contributed by atoms with E-state index in [0.717, 1.165) is 38.2 Å². The summed E-state index contributed by atoms with van der Waals surface area (Å²) in [6, 6.07) is 9.15. The van der Waals surface area contributed by atoms with Crippen LogP contribution in [0.1, 0.15) is 24.0 Å². The molecule has 0 saturated carbocycles. The summed E-state index contributed by atoms with van der Waals surface area (Å²) in [4.78, 5) is 6.52. The summed E-state index contributed by atoms with van der Waals surface area (Å²) in [6.45, 7) is 3.64. The van der Waals surface area contributed by atoms with Gasteiger partial charge in [0.25, 0.3) is 0 Å². The number of benzene rings is 1. The maximum atomic E-state index is 13.1. The van der Waals surface area contributed by atoms with Crippen molar-refractivity contribution in [3.63, 3.8) is 0 Å². The zero-order valence-corrected chi connectivity index (χ0v) is 13.8. The number of nitrogens with one attached hydrogen (secondary N) is 1. The van der Waals surface area contributed by atoms with Crippen LogP contribution in [-0.4, -0.2) is 29.0 Å². The van der Waals surface area contributed by atoms with Crippen LogP contribution in [0.15, 0.2) is 42.7 Å². The Balaban J connectivity index is 1.53. The predicted molar refractivity (Wildman–Crippen MR) is 90.8 cm³/mol. The SMILES string of the molecule is Fc1ccc(CN2CCCC(NCc3cccnc3)C2)c(Cl)c1. The number of nitrogens with zero attached hydrogens (tertiary/aromatic N) is 2. The van der Waals surface area contributed by atoms with Crippen LogP contribution in [-0.2, 0) is 13.1 Å². The van der Waals surface area contributed by atoms with Gasteiger partial charge in [0.1, 0.15) is 5.82 Å². The first kappa shape index (κ1) is 16.4. The second-order valence-corrected chi connectivity index (χ2v) is 6.46. The van der Waals surface area contributed by atoms with Crippen LogP contribution < -0.4 is 5.32 Å². The Kier molecular flexibility index (Phi) is 5.60. The second kappa shape index (κ2) is 7.86. The first-order valence-corrected chi connectivity index (χ1v) is 8.37. The quantitative estimate of drug-likeness (QED) is 0.905. The van der Waals surface area contributed by atoms with Crippen LogP contribution in [0.5, 0.6) is 0 Å². The number of halogens is 2. The van der Waals surface area contributed by atoms with E-state index >= 15 is 0 Å². The lowest BCUT2D eigenvalue weighted by Crippen LogP contribution is -2.45. The lowest BCUT2D eigenvalue weighted by atomic mass is 10.0. The van der Waals surface area contributed by atoms with Crippen molar-refractivity contribution in [1.82, 2.24) is 15.2 Å². The van der Waals surface area contributed by atoms with E-state index in [1.54, 1.807) is 12.3 Å². The molecule has 0 radical (unpaired) electrons. The van der Waals surface area contributed by atoms with E-state index in [9.17, 15) is 4.39 Å². The maximum Gasteiger partial charge on any atom is 0.124 e. The summed E-state index contributed by atoms with van der Waals surface area (Å²) in [5, 5.41) is 4.11. The number of pyridine rings is 1. The van der Waals surface area contributed by atoms with E-state index in [-0.39, 0.29) is 5.82 Å². The van der Waals surface area contributed by atoms with Crippen molar-refractivity contribution in [2.45, 2.75) is 32.0 Å². The Morgan fingerprint density at radius 1 is 1.35 bits per heavy atom. The lowest BCUT2D eigenvalue weighted by molar-refractivity contribution is 0.182. The molecule has 2 aromatic rings. The van der Waals surface area contributed by atoms with Gasteiger partial charge >= 0.3 is 0 Å². The van der Waals surface area contributed by atoms with Crippen LogP contribution in [0, 0.1) is 5.82 Å². The summed E-state index contributed by atoms with van der Waals surface area (Å²) in [7, 11) is 0. The molecule has 122 valence electrons. The summed E-state index contributed by atoms with van der Waals surface area (Å²) in [5.74, 6) is -0.284. The van der Waals surface area contributed by atoms with Crippen LogP contribution in [0.2, 0.25) is 5.02 Å². The van der Waals surface area contributed by atoms with Crippen molar-refractivity contribution >= 4 is 11.6 Å². The first-order chi connectivity index (χ1) is 11.2. The topological polar surface area (TPSA) is 28.2 Å². The van der Waals surface area contributed by atoms with Gasteiger partial charge in [-0.15, -0.1) is 0 Å². The van der Waals surface area contributed by atoms with E-state index in [1.165, 1.54) is 24.1 Å². The third-order valence-corrected chi connectivity index (χ3v) is 4.58. The van der Waals surface area contributed by atoms with E-state index in [1.807, 2.05) is 12.3 Å². The standard InChI is InChI=1S/C18H21ClFN3/c19-18-9-16(20)6-5-15(18)12-23-8-2-4-17(13-23)22-11-14-3-1-7-21-10-14/h1,3,5-7,9-10,17,22H,2,4,8,11-13H2. The molecule has 0 bridgehead atoms. The molecule has 1 aromatic heterocycles. The fourth-order valence-corrected chi connectivity index (χ4v) is 3.25. The molecule has 1 aromatic carbocycles. The van der Waals surface area contributed by atoms with Crippen molar-refractivity contribution in [3.05, 3.63) is 64.7 Å². The molecule has 0 aliphatic carbocycles. The number of hydrogen-bond acceptors (Lipinski definition) is 3. The zero-order chi connectivity index (χ0) is 16.1. The van der Waals surface area contributed by atoms with Crippen molar-refractivity contribution in [1.29, 1.82) is 0 Å². The van der Waals surface area contributed by atoms with Crippen LogP contribution in [0.3, 0.4) is 0 Å². The van der Waals surface area contributed by atoms with Crippen molar-refractivity contribution in [2.24, 2.45) is 0 Å². The molecule has 1 saturated heterocycles. The fourth-order valence-electron chi connectivity index (χ4n) is 3.02. The highest BCUT2D eigenvalue weighted by atomic mass is 35.5. The number of piperidine rings is 1. The first-order valence-electron chi connectivity index (χ1n) is 7.99. The molecular formula is C18H21ClFN3. The van der Waals surface area contributed by atoms with Gasteiger partial charge in [0.05, 0.1) is 0 Å². The minimum atomic E-state index is -0.284. The van der Waals surface area contributed by atoms with E-state index in [0.29, 0.717) is 11.1 Å². The smallest absolute Gasteiger partial charge is 0.124 e. The normalized spacial score (nSPS) is 19.0. The molecule has 23 heavy (non-hydrogen) atoms. The molecule has 1 aliphatic heterocycles. The number of likely N-dealkylation sites (tertiary alicyclic amines) is 1. The summed E-state index contributed by atoms with van der Waals surface area (Å²) in [5.41, 5.74) is 2.19. The van der Waals surface area contributed by atoms with Gasteiger partial charge in [0, 0.05) is 43.1 Å². The molecule has 3 rings (SSSR count). The van der Waals surface area contributed by atoms with Gasteiger partial charge in [-0.25, -0.2) is 4.39 Å². The van der Waals surface area contributed by atoms with Gasteiger partial charge in [-0.2, -0.15) is 0 Å². The molecule has 1 aliphatic rings. The van der Waals surface area contributed by atoms with Gasteiger partial charge in [-0.1, -0.05) is 23.7 Å². The van der Waals surface area contributed by atoms with Crippen LogP contribution >= 0.6 is 11.6 Å². The fraction of sp³-hybridized carbons (Fsp3) is 0.389. The minimum Gasteiger partial charge on any atom is -0.309 e. The Morgan fingerprint density at radius 3 is 3.04 bits per heavy atom. The third kappa shape index (κ3) is 4.74. The largest absolute Gasteiger partial charge is 0.309 e. The molecule has 1 unspecified atom stereocenters. The Labute approximate surface area is 141 Å². The predicted octanol–water partition coefficient (Wildman–Crippen LogP) is 3.63. The van der Waals surface area contributed by atoms with Crippen LogP contribution in [0.25, 0.3) is 0 Å². The summed E-state index contributed by atoms with van der Waals surface area (Å²) < 4.78 is 13.1. The summed E-state index contributed by atoms with van der Waals surface area (Å²) in [6.07, 6.45) is 6.02. The van der Waals surface area contributed by atoms with E-state index in [4.69, 9.17) is 11.6 Å². The molecule has 1 fully saturated rings. The second-order valence-electron chi connectivity index (χ2n) is 6.05. The summed E-state index contributed by atoms with van der Waals surface area (Å²) >= 11 is 6.14. The van der Waals surface area contributed by atoms with Gasteiger partial charge in [-0.05, 0) is 48.7 Å². The highest BCUT2D eigenvalue weighted by Crippen LogP contribution is 2.21. The molecule has 5 heteroatoms. The lowest BCUT2D eigenvalue weighted by Gasteiger charge is -2.33. The van der Waals surface area contributed by atoms with E-state index < -0.39 is 0 Å². The van der Waals surface area contributed by atoms with Crippen molar-refractivity contribution < 1.29 is 4.39 Å². The Bertz CT molecular complexity index is 635. The molecule has 1 N–H and O–H groups in total.